The SMILES string of the molecule is COC(=O)C1(C)C(c2ccc(C)s2)C(c2ccc(F)cc2)=NN1c1ccc(F)cc1F. The van der Waals surface area contributed by atoms with E-state index in [9.17, 15) is 18.0 Å². The van der Waals surface area contributed by atoms with Crippen molar-refractivity contribution in [2.45, 2.75) is 25.3 Å². The summed E-state index contributed by atoms with van der Waals surface area (Å²) in [5.74, 6) is -3.28. The predicted molar refractivity (Wildman–Crippen MR) is 114 cm³/mol. The number of nitrogens with zero attached hydrogens (tertiary/aromatic N) is 2. The fourth-order valence-electron chi connectivity index (χ4n) is 3.89. The molecule has 1 aromatic heterocycles. The minimum atomic E-state index is -1.46. The van der Waals surface area contributed by atoms with Crippen molar-refractivity contribution in [3.05, 3.63) is 87.4 Å². The molecule has 0 saturated carbocycles. The van der Waals surface area contributed by atoms with E-state index < -0.39 is 34.9 Å². The summed E-state index contributed by atoms with van der Waals surface area (Å²) in [6.07, 6.45) is 0. The molecule has 0 radical (unpaired) electrons. The Kier molecular flexibility index (Phi) is 5.35. The first kappa shape index (κ1) is 21.1. The van der Waals surface area contributed by atoms with Crippen molar-refractivity contribution in [1.29, 1.82) is 0 Å². The second-order valence-corrected chi connectivity index (χ2v) is 8.74. The Labute approximate surface area is 181 Å². The topological polar surface area (TPSA) is 41.9 Å². The second kappa shape index (κ2) is 7.85. The number of hydrazone groups is 1. The van der Waals surface area contributed by atoms with Gasteiger partial charge in [0.25, 0.3) is 0 Å². The monoisotopic (exact) mass is 444 g/mol. The summed E-state index contributed by atoms with van der Waals surface area (Å²) in [5, 5.41) is 5.85. The molecule has 4 rings (SSSR count). The smallest absolute Gasteiger partial charge is 0.334 e. The van der Waals surface area contributed by atoms with Gasteiger partial charge in [-0.3, -0.25) is 0 Å². The van der Waals surface area contributed by atoms with Crippen LogP contribution in [-0.4, -0.2) is 24.3 Å². The number of ether oxygens (including phenoxy) is 1. The molecule has 4 nitrogen and oxygen atoms in total. The summed E-state index contributed by atoms with van der Waals surface area (Å²) in [6.45, 7) is 3.55. The minimum absolute atomic E-state index is 0.0651. The lowest BCUT2D eigenvalue weighted by Gasteiger charge is -2.36. The molecule has 0 N–H and O–H groups in total. The molecule has 1 aliphatic heterocycles. The maximum Gasteiger partial charge on any atom is 0.334 e. The molecular formula is C23H19F3N2O2S. The maximum atomic E-state index is 14.8. The number of carbonyl (C=O) groups excluding carboxylic acids is 1. The Morgan fingerprint density at radius 3 is 2.32 bits per heavy atom. The van der Waals surface area contributed by atoms with Crippen LogP contribution in [-0.2, 0) is 9.53 Å². The summed E-state index contributed by atoms with van der Waals surface area (Å²) in [7, 11) is 1.25. The lowest BCUT2D eigenvalue weighted by Crippen LogP contribution is -2.52. The normalized spacial score (nSPS) is 20.6. The first-order valence-corrected chi connectivity index (χ1v) is 10.3. The summed E-state index contributed by atoms with van der Waals surface area (Å²) in [6, 6.07) is 12.6. The average Bonchev–Trinajstić information content (AvgIpc) is 3.29. The quantitative estimate of drug-likeness (QED) is 0.505. The second-order valence-electron chi connectivity index (χ2n) is 7.42. The van der Waals surface area contributed by atoms with E-state index in [-0.39, 0.29) is 5.69 Å². The molecule has 8 heteroatoms. The molecule has 2 aromatic carbocycles. The van der Waals surface area contributed by atoms with Crippen LogP contribution in [0.4, 0.5) is 18.9 Å². The van der Waals surface area contributed by atoms with E-state index in [4.69, 9.17) is 4.74 Å². The van der Waals surface area contributed by atoms with Crippen molar-refractivity contribution in [3.63, 3.8) is 0 Å². The summed E-state index contributed by atoms with van der Waals surface area (Å²) >= 11 is 1.48. The molecule has 160 valence electrons. The van der Waals surface area contributed by atoms with Gasteiger partial charge in [0.1, 0.15) is 11.6 Å². The Hall–Kier alpha value is -3.13. The van der Waals surface area contributed by atoms with Gasteiger partial charge in [-0.25, -0.2) is 23.0 Å². The fourth-order valence-corrected chi connectivity index (χ4v) is 4.99. The number of benzene rings is 2. The van der Waals surface area contributed by atoms with E-state index in [0.717, 1.165) is 21.9 Å². The van der Waals surface area contributed by atoms with Crippen molar-refractivity contribution in [3.8, 4) is 0 Å². The van der Waals surface area contributed by atoms with Gasteiger partial charge in [-0.1, -0.05) is 12.1 Å². The van der Waals surface area contributed by atoms with Gasteiger partial charge >= 0.3 is 5.97 Å². The molecule has 31 heavy (non-hydrogen) atoms. The van der Waals surface area contributed by atoms with E-state index in [1.54, 1.807) is 19.1 Å². The van der Waals surface area contributed by atoms with Gasteiger partial charge in [-0.05, 0) is 55.8 Å². The lowest BCUT2D eigenvalue weighted by atomic mass is 9.79. The van der Waals surface area contributed by atoms with Gasteiger partial charge in [-0.15, -0.1) is 11.3 Å². The predicted octanol–water partition coefficient (Wildman–Crippen LogP) is 5.41. The van der Waals surface area contributed by atoms with Crippen molar-refractivity contribution < 1.29 is 22.7 Å². The molecule has 2 unspecified atom stereocenters. The number of rotatable bonds is 4. The van der Waals surface area contributed by atoms with Crippen LogP contribution >= 0.6 is 11.3 Å². The van der Waals surface area contributed by atoms with E-state index in [1.807, 2.05) is 19.1 Å². The van der Waals surface area contributed by atoms with Crippen LogP contribution in [0.3, 0.4) is 0 Å². The van der Waals surface area contributed by atoms with Crippen LogP contribution in [0.5, 0.6) is 0 Å². The molecule has 2 atom stereocenters. The van der Waals surface area contributed by atoms with Crippen molar-refractivity contribution in [1.82, 2.24) is 0 Å². The fraction of sp³-hybridized carbons (Fsp3) is 0.217. The first-order valence-electron chi connectivity index (χ1n) is 9.50. The third-order valence-corrected chi connectivity index (χ3v) is 6.47. The molecule has 0 amide bonds. The standard InChI is InChI=1S/C23H19F3N2O2S/c1-13-4-11-19(31-13)20-21(14-5-7-15(24)8-6-14)27-28(23(20,2)22(29)30-3)18-10-9-16(25)12-17(18)26/h4-12,20H,1-3H3. The van der Waals surface area contributed by atoms with E-state index >= 15 is 0 Å². The highest BCUT2D eigenvalue weighted by Gasteiger charge is 2.56. The van der Waals surface area contributed by atoms with Gasteiger partial charge < -0.3 is 4.74 Å². The number of aryl methyl sites for hydroxylation is 1. The van der Waals surface area contributed by atoms with E-state index in [2.05, 4.69) is 5.10 Å². The Morgan fingerprint density at radius 2 is 1.74 bits per heavy atom. The third-order valence-electron chi connectivity index (χ3n) is 5.41. The van der Waals surface area contributed by atoms with Crippen LogP contribution in [0.25, 0.3) is 0 Å². The molecule has 0 fully saturated rings. The number of hydrogen-bond donors (Lipinski definition) is 0. The lowest BCUT2D eigenvalue weighted by molar-refractivity contribution is -0.146. The number of thiophene rings is 1. The highest BCUT2D eigenvalue weighted by atomic mass is 32.1. The van der Waals surface area contributed by atoms with Crippen LogP contribution in [0.15, 0.2) is 59.7 Å². The number of esters is 1. The summed E-state index contributed by atoms with van der Waals surface area (Å²) < 4.78 is 47.0. The number of methoxy groups -OCH3 is 1. The first-order chi connectivity index (χ1) is 14.8. The van der Waals surface area contributed by atoms with Crippen LogP contribution in [0, 0.1) is 24.4 Å². The highest BCUT2D eigenvalue weighted by Crippen LogP contribution is 2.47. The van der Waals surface area contributed by atoms with Gasteiger partial charge in [0, 0.05) is 15.8 Å². The summed E-state index contributed by atoms with van der Waals surface area (Å²) in [4.78, 5) is 15.0. The van der Waals surface area contributed by atoms with Crippen LogP contribution in [0.1, 0.15) is 28.2 Å². The zero-order valence-corrected chi connectivity index (χ0v) is 17.8. The van der Waals surface area contributed by atoms with Crippen LogP contribution in [0.2, 0.25) is 0 Å². The van der Waals surface area contributed by atoms with E-state index in [0.29, 0.717) is 11.3 Å². The molecule has 2 heterocycles. The van der Waals surface area contributed by atoms with Crippen LogP contribution < -0.4 is 5.01 Å². The minimum Gasteiger partial charge on any atom is -0.467 e. The van der Waals surface area contributed by atoms with E-state index in [1.165, 1.54) is 41.7 Å². The van der Waals surface area contributed by atoms with Gasteiger partial charge in [0.05, 0.1) is 24.4 Å². The number of anilines is 1. The third kappa shape index (κ3) is 3.50. The molecule has 3 aromatic rings. The van der Waals surface area contributed by atoms with Gasteiger partial charge in [0.15, 0.2) is 11.4 Å². The number of carbonyl (C=O) groups is 1. The number of halogens is 3. The highest BCUT2D eigenvalue weighted by molar-refractivity contribution is 7.12. The zero-order chi connectivity index (χ0) is 22.3. The van der Waals surface area contributed by atoms with Gasteiger partial charge in [0.2, 0.25) is 0 Å². The molecule has 0 bridgehead atoms. The summed E-state index contributed by atoms with van der Waals surface area (Å²) in [5.41, 5.74) is -0.491. The molecule has 1 aliphatic rings. The number of hydrogen-bond acceptors (Lipinski definition) is 5. The Balaban J connectivity index is 1.98. The van der Waals surface area contributed by atoms with Crippen molar-refractivity contribution >= 4 is 28.7 Å². The van der Waals surface area contributed by atoms with Gasteiger partial charge in [-0.2, -0.15) is 5.10 Å². The molecule has 0 spiro atoms. The molecule has 0 aliphatic carbocycles. The van der Waals surface area contributed by atoms with Crippen molar-refractivity contribution in [2.24, 2.45) is 5.10 Å². The Morgan fingerprint density at radius 1 is 1.06 bits per heavy atom. The largest absolute Gasteiger partial charge is 0.467 e. The molecule has 0 saturated heterocycles. The Bertz CT molecular complexity index is 1180. The average molecular weight is 444 g/mol. The zero-order valence-electron chi connectivity index (χ0n) is 17.0. The maximum absolute atomic E-state index is 14.8. The molecular weight excluding hydrogens is 425 g/mol. The van der Waals surface area contributed by atoms with Crippen molar-refractivity contribution in [2.75, 3.05) is 12.1 Å².